The first-order valence-electron chi connectivity index (χ1n) is 12.9. The zero-order chi connectivity index (χ0) is 26.8. The molecule has 0 radical (unpaired) electrons. The third-order valence-corrected chi connectivity index (χ3v) is 7.02. The number of fused-ring (bicyclic) bond motifs is 1. The number of alkyl halides is 1. The molecule has 0 aliphatic carbocycles. The van der Waals surface area contributed by atoms with Crippen molar-refractivity contribution in [3.63, 3.8) is 0 Å². The zero-order valence-corrected chi connectivity index (χ0v) is 23.8. The Morgan fingerprint density at radius 2 is 1.84 bits per heavy atom. The van der Waals surface area contributed by atoms with Gasteiger partial charge in [0.2, 0.25) is 5.60 Å². The highest BCUT2D eigenvalue weighted by Gasteiger charge is 2.44. The second kappa shape index (κ2) is 13.7. The lowest BCUT2D eigenvalue weighted by Crippen LogP contribution is -2.47. The van der Waals surface area contributed by atoms with Gasteiger partial charge in [0.05, 0.1) is 38.3 Å². The maximum Gasteiger partial charge on any atom is 0.350 e. The molecule has 1 unspecified atom stereocenters. The number of ether oxygens (including phenoxy) is 5. The zero-order valence-electron chi connectivity index (χ0n) is 22.2. The predicted octanol–water partition coefficient (Wildman–Crippen LogP) is 6.11. The van der Waals surface area contributed by atoms with Crippen LogP contribution in [0.4, 0.5) is 0 Å². The average Bonchev–Trinajstić information content (AvgIpc) is 2.92. The molecule has 0 N–H and O–H groups in total. The molecule has 202 valence electrons. The van der Waals surface area contributed by atoms with Gasteiger partial charge in [0, 0.05) is 24.5 Å². The van der Waals surface area contributed by atoms with Gasteiger partial charge in [-0.2, -0.15) is 0 Å². The first-order valence-corrected chi connectivity index (χ1v) is 14.0. The molecule has 1 heterocycles. The lowest BCUT2D eigenvalue weighted by molar-refractivity contribution is -0.161. The van der Waals surface area contributed by atoms with E-state index in [4.69, 9.17) is 23.7 Å². The molecule has 3 rings (SSSR count). The first-order chi connectivity index (χ1) is 17.9. The van der Waals surface area contributed by atoms with E-state index in [1.54, 1.807) is 13.2 Å². The average molecular weight is 578 g/mol. The van der Waals surface area contributed by atoms with E-state index >= 15 is 0 Å². The lowest BCUT2D eigenvalue weighted by atomic mass is 9.87. The van der Waals surface area contributed by atoms with Gasteiger partial charge in [0.25, 0.3) is 0 Å². The highest BCUT2D eigenvalue weighted by atomic mass is 79.9. The molecule has 0 aromatic heterocycles. The van der Waals surface area contributed by atoms with Gasteiger partial charge >= 0.3 is 5.97 Å². The molecule has 37 heavy (non-hydrogen) atoms. The van der Waals surface area contributed by atoms with E-state index in [1.165, 1.54) is 7.11 Å². The third kappa shape index (κ3) is 6.78. The lowest BCUT2D eigenvalue weighted by Gasteiger charge is -2.36. The summed E-state index contributed by atoms with van der Waals surface area (Å²) in [6.45, 7) is 5.02. The number of esters is 1. The summed E-state index contributed by atoms with van der Waals surface area (Å²) >= 11 is 3.24. The van der Waals surface area contributed by atoms with E-state index < -0.39 is 5.60 Å². The molecule has 8 heteroatoms. The van der Waals surface area contributed by atoms with Crippen LogP contribution in [0.15, 0.2) is 30.3 Å². The number of hydrogen-bond donors (Lipinski definition) is 0. The number of halogens is 1. The molecule has 0 amide bonds. The Balaban J connectivity index is 1.60. The van der Waals surface area contributed by atoms with Crippen LogP contribution in [0.1, 0.15) is 67.4 Å². The molecule has 1 aliphatic rings. The maximum atomic E-state index is 12.5. The van der Waals surface area contributed by atoms with Gasteiger partial charge in [-0.3, -0.25) is 4.79 Å². The number of ketones is 1. The van der Waals surface area contributed by atoms with E-state index in [1.807, 2.05) is 31.2 Å². The number of benzene rings is 2. The van der Waals surface area contributed by atoms with Gasteiger partial charge in [-0.15, -0.1) is 0 Å². The topological polar surface area (TPSA) is 80.3 Å². The van der Waals surface area contributed by atoms with Crippen LogP contribution in [-0.2, 0) is 22.4 Å². The number of carbonyl (C=O) groups is 2. The molecule has 7 nitrogen and oxygen atoms in total. The van der Waals surface area contributed by atoms with Crippen LogP contribution in [-0.4, -0.2) is 50.1 Å². The van der Waals surface area contributed by atoms with Gasteiger partial charge in [0.15, 0.2) is 5.78 Å². The summed E-state index contributed by atoms with van der Waals surface area (Å²) in [7, 11) is 2.98. The smallest absolute Gasteiger partial charge is 0.350 e. The van der Waals surface area contributed by atoms with Crippen LogP contribution in [0.5, 0.6) is 23.0 Å². The normalized spacial score (nSPS) is 16.4. The van der Waals surface area contributed by atoms with Crippen molar-refractivity contribution in [3.05, 3.63) is 47.0 Å². The summed E-state index contributed by atoms with van der Waals surface area (Å²) in [5, 5.41) is 0.239. The third-order valence-electron chi connectivity index (χ3n) is 6.51. The second-order valence-corrected chi connectivity index (χ2v) is 9.65. The fourth-order valence-electron chi connectivity index (χ4n) is 4.72. The summed E-state index contributed by atoms with van der Waals surface area (Å²) in [6, 6.07) is 9.38. The van der Waals surface area contributed by atoms with Crippen molar-refractivity contribution in [1.29, 1.82) is 0 Å². The Kier molecular flexibility index (Phi) is 10.7. The first kappa shape index (κ1) is 28.8. The molecule has 1 atom stereocenters. The SMILES string of the molecule is CCCc1c(OCCCOc2ccc3c(c2)OC(CCC)(C(=O)OC)CC3)ccc(C(=O)CBr)c1OC. The van der Waals surface area contributed by atoms with E-state index in [-0.39, 0.29) is 17.1 Å². The molecule has 0 saturated carbocycles. The number of hydrogen-bond acceptors (Lipinski definition) is 7. The Bertz CT molecular complexity index is 1080. The summed E-state index contributed by atoms with van der Waals surface area (Å²) in [4.78, 5) is 24.8. The number of methoxy groups -OCH3 is 2. The number of Topliss-reactive ketones (excluding diaryl/α,β-unsaturated/α-hetero) is 1. The van der Waals surface area contributed by atoms with E-state index in [9.17, 15) is 9.59 Å². The minimum Gasteiger partial charge on any atom is -0.496 e. The highest BCUT2D eigenvalue weighted by Crippen LogP contribution is 2.39. The van der Waals surface area contributed by atoms with Gasteiger partial charge < -0.3 is 23.7 Å². The molecule has 0 fully saturated rings. The summed E-state index contributed by atoms with van der Waals surface area (Å²) in [5.74, 6) is 2.31. The highest BCUT2D eigenvalue weighted by molar-refractivity contribution is 9.09. The fraction of sp³-hybridized carbons (Fsp3) is 0.517. The molecule has 2 aromatic carbocycles. The van der Waals surface area contributed by atoms with Crippen LogP contribution in [0.25, 0.3) is 0 Å². The Hall–Kier alpha value is -2.74. The fourth-order valence-corrected chi connectivity index (χ4v) is 5.03. The Morgan fingerprint density at radius 3 is 2.51 bits per heavy atom. The van der Waals surface area contributed by atoms with Crippen LogP contribution < -0.4 is 18.9 Å². The Morgan fingerprint density at radius 1 is 1.05 bits per heavy atom. The van der Waals surface area contributed by atoms with Gasteiger partial charge in [-0.05, 0) is 43.0 Å². The van der Waals surface area contributed by atoms with Crippen molar-refractivity contribution >= 4 is 27.7 Å². The molecular weight excluding hydrogens is 540 g/mol. The van der Waals surface area contributed by atoms with Crippen molar-refractivity contribution in [3.8, 4) is 23.0 Å². The van der Waals surface area contributed by atoms with E-state index in [0.717, 1.165) is 42.6 Å². The molecule has 0 spiro atoms. The van der Waals surface area contributed by atoms with Crippen LogP contribution in [0, 0.1) is 0 Å². The van der Waals surface area contributed by atoms with Gasteiger partial charge in [-0.25, -0.2) is 4.79 Å². The van der Waals surface area contributed by atoms with Crippen LogP contribution in [0.2, 0.25) is 0 Å². The van der Waals surface area contributed by atoms with Crippen molar-refractivity contribution in [2.45, 2.75) is 64.4 Å². The Labute approximate surface area is 227 Å². The number of carbonyl (C=O) groups excluding carboxylic acids is 2. The molecule has 0 bridgehead atoms. The van der Waals surface area contributed by atoms with Gasteiger partial charge in [-0.1, -0.05) is 48.7 Å². The number of aryl methyl sites for hydroxylation is 1. The summed E-state index contributed by atoms with van der Waals surface area (Å²) < 4.78 is 28.9. The van der Waals surface area contributed by atoms with Crippen LogP contribution in [0.3, 0.4) is 0 Å². The molecular formula is C29H37BrO7. The van der Waals surface area contributed by atoms with Crippen molar-refractivity contribution in [1.82, 2.24) is 0 Å². The standard InChI is InChI=1S/C29H37BrO7/c1-5-8-23-25(12-11-22(24(31)19-30)27(23)33-3)36-17-7-16-35-21-10-9-20-13-15-29(14-6-2,28(32)34-4)37-26(20)18-21/h9-12,18H,5-8,13-17,19H2,1-4H3. The molecule has 2 aromatic rings. The minimum atomic E-state index is -0.936. The number of rotatable bonds is 14. The molecule has 1 aliphatic heterocycles. The van der Waals surface area contributed by atoms with Crippen molar-refractivity contribution in [2.24, 2.45) is 0 Å². The van der Waals surface area contributed by atoms with Crippen molar-refractivity contribution in [2.75, 3.05) is 32.8 Å². The maximum absolute atomic E-state index is 12.5. The summed E-state index contributed by atoms with van der Waals surface area (Å²) in [6.07, 6.45) is 5.10. The van der Waals surface area contributed by atoms with Crippen molar-refractivity contribution < 1.29 is 33.3 Å². The van der Waals surface area contributed by atoms with Crippen LogP contribution >= 0.6 is 15.9 Å². The summed E-state index contributed by atoms with van der Waals surface area (Å²) in [5.41, 5.74) is 1.59. The van der Waals surface area contributed by atoms with E-state index in [0.29, 0.717) is 55.3 Å². The minimum absolute atomic E-state index is 0.0262. The quantitative estimate of drug-likeness (QED) is 0.116. The largest absolute Gasteiger partial charge is 0.496 e. The molecule has 0 saturated heterocycles. The monoisotopic (exact) mass is 576 g/mol. The van der Waals surface area contributed by atoms with Gasteiger partial charge in [0.1, 0.15) is 23.0 Å². The second-order valence-electron chi connectivity index (χ2n) is 9.09. The van der Waals surface area contributed by atoms with E-state index in [2.05, 4.69) is 22.9 Å². The predicted molar refractivity (Wildman–Crippen MR) is 146 cm³/mol.